The Morgan fingerprint density at radius 2 is 1.94 bits per heavy atom. The molecule has 0 heterocycles. The molecule has 0 radical (unpaired) electrons. The summed E-state index contributed by atoms with van der Waals surface area (Å²) in [5.74, 6) is -0.909. The quantitative estimate of drug-likeness (QED) is 0.684. The topological polar surface area (TPSA) is 61.8 Å². The van der Waals surface area contributed by atoms with Gasteiger partial charge in [-0.3, -0.25) is 0 Å². The molecule has 0 atom stereocenters. The predicted molar refractivity (Wildman–Crippen MR) is 71.3 cm³/mol. The van der Waals surface area contributed by atoms with E-state index in [9.17, 15) is 4.79 Å². The molecular weight excluding hydrogens is 232 g/mol. The van der Waals surface area contributed by atoms with E-state index in [0.29, 0.717) is 25.3 Å². The Hall–Kier alpha value is -1.59. The molecule has 0 saturated heterocycles. The minimum Gasteiger partial charge on any atom is -0.478 e. The monoisotopic (exact) mass is 252 g/mol. The van der Waals surface area contributed by atoms with Gasteiger partial charge < -0.3 is 20.1 Å². The van der Waals surface area contributed by atoms with Crippen molar-refractivity contribution in [1.82, 2.24) is 4.90 Å². The van der Waals surface area contributed by atoms with E-state index < -0.39 is 5.97 Å². The lowest BCUT2D eigenvalue weighted by Gasteiger charge is -2.10. The van der Waals surface area contributed by atoms with Gasteiger partial charge in [-0.05, 0) is 38.4 Å². The van der Waals surface area contributed by atoms with Crippen LogP contribution in [0.2, 0.25) is 0 Å². The standard InChI is InChI=1S/C13H20N2O3/c1-15(2)8-10-18-9-7-14-12-5-3-11(4-6-12)13(16)17/h3-6,14H,7-10H2,1-2H3,(H,16,17). The Balaban J connectivity index is 2.17. The van der Waals surface area contributed by atoms with Gasteiger partial charge in [0.25, 0.3) is 0 Å². The largest absolute Gasteiger partial charge is 0.478 e. The third-order valence-electron chi connectivity index (χ3n) is 2.39. The highest BCUT2D eigenvalue weighted by Gasteiger charge is 2.00. The van der Waals surface area contributed by atoms with Crippen LogP contribution >= 0.6 is 0 Å². The molecule has 1 aromatic rings. The second-order valence-corrected chi connectivity index (χ2v) is 4.22. The van der Waals surface area contributed by atoms with E-state index in [0.717, 1.165) is 12.2 Å². The number of carbonyl (C=O) groups is 1. The highest BCUT2D eigenvalue weighted by molar-refractivity contribution is 5.87. The maximum atomic E-state index is 10.7. The summed E-state index contributed by atoms with van der Waals surface area (Å²) in [6.45, 7) is 2.97. The highest BCUT2D eigenvalue weighted by Crippen LogP contribution is 2.08. The lowest BCUT2D eigenvalue weighted by molar-refractivity contribution is 0.0697. The average molecular weight is 252 g/mol. The summed E-state index contributed by atoms with van der Waals surface area (Å²) in [6.07, 6.45) is 0. The molecule has 2 N–H and O–H groups in total. The normalized spacial score (nSPS) is 10.6. The summed E-state index contributed by atoms with van der Waals surface area (Å²) in [4.78, 5) is 12.7. The summed E-state index contributed by atoms with van der Waals surface area (Å²) in [5, 5.41) is 11.9. The number of nitrogens with one attached hydrogen (secondary N) is 1. The van der Waals surface area contributed by atoms with Gasteiger partial charge in [0.2, 0.25) is 0 Å². The zero-order valence-corrected chi connectivity index (χ0v) is 10.8. The van der Waals surface area contributed by atoms with Crippen molar-refractivity contribution in [1.29, 1.82) is 0 Å². The van der Waals surface area contributed by atoms with Gasteiger partial charge in [-0.1, -0.05) is 0 Å². The molecule has 1 rings (SSSR count). The molecular formula is C13H20N2O3. The number of hydrogen-bond donors (Lipinski definition) is 2. The lowest BCUT2D eigenvalue weighted by atomic mass is 10.2. The predicted octanol–water partition coefficient (Wildman–Crippen LogP) is 1.37. The van der Waals surface area contributed by atoms with Gasteiger partial charge in [-0.15, -0.1) is 0 Å². The lowest BCUT2D eigenvalue weighted by Crippen LogP contribution is -2.20. The van der Waals surface area contributed by atoms with Gasteiger partial charge >= 0.3 is 5.97 Å². The van der Waals surface area contributed by atoms with E-state index in [1.807, 2.05) is 14.1 Å². The zero-order chi connectivity index (χ0) is 13.4. The number of likely N-dealkylation sites (N-methyl/N-ethyl adjacent to an activating group) is 1. The van der Waals surface area contributed by atoms with Crippen molar-refractivity contribution in [3.8, 4) is 0 Å². The van der Waals surface area contributed by atoms with Crippen LogP contribution in [-0.2, 0) is 4.74 Å². The summed E-state index contributed by atoms with van der Waals surface area (Å²) in [6, 6.07) is 6.67. The average Bonchev–Trinajstić information content (AvgIpc) is 2.34. The Morgan fingerprint density at radius 1 is 1.28 bits per heavy atom. The smallest absolute Gasteiger partial charge is 0.335 e. The van der Waals surface area contributed by atoms with Crippen LogP contribution in [0.4, 0.5) is 5.69 Å². The number of carboxylic acid groups (broad SMARTS) is 1. The molecule has 0 amide bonds. The van der Waals surface area contributed by atoms with E-state index in [4.69, 9.17) is 9.84 Å². The molecule has 0 aliphatic heterocycles. The maximum Gasteiger partial charge on any atom is 0.335 e. The number of benzene rings is 1. The van der Waals surface area contributed by atoms with E-state index in [2.05, 4.69) is 10.2 Å². The molecule has 5 heteroatoms. The summed E-state index contributed by atoms with van der Waals surface area (Å²) in [7, 11) is 4.01. The first-order valence-electron chi connectivity index (χ1n) is 5.89. The molecule has 0 aliphatic rings. The van der Waals surface area contributed by atoms with Crippen LogP contribution in [-0.4, -0.2) is 56.4 Å². The number of carboxylic acids is 1. The van der Waals surface area contributed by atoms with Crippen molar-refractivity contribution in [2.75, 3.05) is 45.7 Å². The van der Waals surface area contributed by atoms with E-state index >= 15 is 0 Å². The highest BCUT2D eigenvalue weighted by atomic mass is 16.5. The Bertz CT molecular complexity index is 363. The molecule has 18 heavy (non-hydrogen) atoms. The SMILES string of the molecule is CN(C)CCOCCNc1ccc(C(=O)O)cc1. The van der Waals surface area contributed by atoms with E-state index in [1.165, 1.54) is 0 Å². The summed E-state index contributed by atoms with van der Waals surface area (Å²) >= 11 is 0. The van der Waals surface area contributed by atoms with Crippen LogP contribution in [0.25, 0.3) is 0 Å². The molecule has 0 spiro atoms. The number of nitrogens with zero attached hydrogens (tertiary/aromatic N) is 1. The van der Waals surface area contributed by atoms with Gasteiger partial charge in [-0.25, -0.2) is 4.79 Å². The van der Waals surface area contributed by atoms with Crippen molar-refractivity contribution in [3.63, 3.8) is 0 Å². The van der Waals surface area contributed by atoms with Gasteiger partial charge in [0.15, 0.2) is 0 Å². The fourth-order valence-corrected chi connectivity index (χ4v) is 1.35. The minimum atomic E-state index is -0.909. The van der Waals surface area contributed by atoms with Crippen molar-refractivity contribution in [2.45, 2.75) is 0 Å². The fourth-order valence-electron chi connectivity index (χ4n) is 1.35. The molecule has 0 fully saturated rings. The Kier molecular flexibility index (Phi) is 6.18. The molecule has 0 aliphatic carbocycles. The molecule has 0 saturated carbocycles. The second kappa shape index (κ2) is 7.68. The van der Waals surface area contributed by atoms with Crippen molar-refractivity contribution in [2.24, 2.45) is 0 Å². The van der Waals surface area contributed by atoms with E-state index in [-0.39, 0.29) is 0 Å². The van der Waals surface area contributed by atoms with Crippen LogP contribution < -0.4 is 5.32 Å². The molecule has 100 valence electrons. The fraction of sp³-hybridized carbons (Fsp3) is 0.462. The number of rotatable bonds is 8. The third kappa shape index (κ3) is 5.65. The van der Waals surface area contributed by atoms with Gasteiger partial charge in [0, 0.05) is 18.8 Å². The number of anilines is 1. The summed E-state index contributed by atoms with van der Waals surface area (Å²) < 4.78 is 5.43. The number of aromatic carboxylic acids is 1. The first-order chi connectivity index (χ1) is 8.59. The van der Waals surface area contributed by atoms with Crippen molar-refractivity contribution < 1.29 is 14.6 Å². The van der Waals surface area contributed by atoms with Crippen LogP contribution in [0.3, 0.4) is 0 Å². The van der Waals surface area contributed by atoms with E-state index in [1.54, 1.807) is 24.3 Å². The summed E-state index contributed by atoms with van der Waals surface area (Å²) in [5.41, 5.74) is 1.19. The molecule has 1 aromatic carbocycles. The molecule has 0 aromatic heterocycles. The van der Waals surface area contributed by atoms with Crippen molar-refractivity contribution in [3.05, 3.63) is 29.8 Å². The van der Waals surface area contributed by atoms with Crippen molar-refractivity contribution >= 4 is 11.7 Å². The van der Waals surface area contributed by atoms with Crippen LogP contribution in [0.5, 0.6) is 0 Å². The minimum absolute atomic E-state index is 0.294. The second-order valence-electron chi connectivity index (χ2n) is 4.22. The first kappa shape index (κ1) is 14.5. The van der Waals surface area contributed by atoms with Crippen LogP contribution in [0.15, 0.2) is 24.3 Å². The number of ether oxygens (including phenoxy) is 1. The molecule has 0 unspecified atom stereocenters. The zero-order valence-electron chi connectivity index (χ0n) is 10.8. The molecule has 0 bridgehead atoms. The maximum absolute atomic E-state index is 10.7. The van der Waals surface area contributed by atoms with Gasteiger partial charge in [0.1, 0.15) is 0 Å². The Labute approximate surface area is 107 Å². The van der Waals surface area contributed by atoms with Crippen LogP contribution in [0, 0.1) is 0 Å². The third-order valence-corrected chi connectivity index (χ3v) is 2.39. The number of hydrogen-bond acceptors (Lipinski definition) is 4. The van der Waals surface area contributed by atoms with Gasteiger partial charge in [-0.2, -0.15) is 0 Å². The first-order valence-corrected chi connectivity index (χ1v) is 5.89. The Morgan fingerprint density at radius 3 is 2.50 bits per heavy atom. The van der Waals surface area contributed by atoms with Crippen LogP contribution in [0.1, 0.15) is 10.4 Å². The van der Waals surface area contributed by atoms with Gasteiger partial charge in [0.05, 0.1) is 18.8 Å². The molecule has 5 nitrogen and oxygen atoms in total.